The van der Waals surface area contributed by atoms with Crippen molar-refractivity contribution < 1.29 is 9.84 Å². The number of ether oxygens (including phenoxy) is 1. The van der Waals surface area contributed by atoms with Gasteiger partial charge in [-0.1, -0.05) is 37.6 Å². The summed E-state index contributed by atoms with van der Waals surface area (Å²) < 4.78 is 5.60. The highest BCUT2D eigenvalue weighted by Gasteiger charge is 2.11. The molecule has 0 aliphatic heterocycles. The molecule has 1 aromatic carbocycles. The van der Waals surface area contributed by atoms with Crippen molar-refractivity contribution in [3.05, 3.63) is 29.3 Å². The topological polar surface area (TPSA) is 29.5 Å². The van der Waals surface area contributed by atoms with Gasteiger partial charge < -0.3 is 9.84 Å². The van der Waals surface area contributed by atoms with Crippen LogP contribution in [0.5, 0.6) is 5.75 Å². The van der Waals surface area contributed by atoms with E-state index in [1.165, 1.54) is 0 Å². The zero-order valence-electron chi connectivity index (χ0n) is 9.82. The van der Waals surface area contributed by atoms with Crippen molar-refractivity contribution in [2.75, 3.05) is 13.2 Å². The van der Waals surface area contributed by atoms with Crippen LogP contribution in [0, 0.1) is 11.8 Å². The molecule has 1 unspecified atom stereocenters. The molecule has 1 rings (SSSR count). The number of para-hydroxylation sites is 1. The molecule has 0 radical (unpaired) electrons. The maximum absolute atomic E-state index is 9.21. The molecule has 16 heavy (non-hydrogen) atoms. The molecule has 0 heterocycles. The summed E-state index contributed by atoms with van der Waals surface area (Å²) in [4.78, 5) is 0. The van der Waals surface area contributed by atoms with Crippen molar-refractivity contribution in [3.63, 3.8) is 0 Å². The largest absolute Gasteiger partial charge is 0.492 e. The number of hydrogen-bond acceptors (Lipinski definition) is 2. The Bertz CT molecular complexity index is 313. The first kappa shape index (κ1) is 13.3. The molecule has 2 nitrogen and oxygen atoms in total. The third-order valence-corrected chi connectivity index (χ3v) is 2.69. The second kappa shape index (κ2) is 6.77. The van der Waals surface area contributed by atoms with E-state index >= 15 is 0 Å². The molecule has 0 bridgehead atoms. The van der Waals surface area contributed by atoms with Crippen molar-refractivity contribution in [1.82, 2.24) is 0 Å². The van der Waals surface area contributed by atoms with Gasteiger partial charge in [0.15, 0.2) is 0 Å². The standard InChI is InChI=1S/C13H19ClO2/c1-10(2)7-11(8-15)9-16-13-6-4-3-5-12(13)14/h3-6,10-11,15H,7-9H2,1-2H3. The molecular formula is C13H19ClO2. The van der Waals surface area contributed by atoms with Crippen LogP contribution >= 0.6 is 11.6 Å². The zero-order valence-corrected chi connectivity index (χ0v) is 10.6. The average molecular weight is 243 g/mol. The fourth-order valence-corrected chi connectivity index (χ4v) is 1.82. The highest BCUT2D eigenvalue weighted by molar-refractivity contribution is 6.32. The lowest BCUT2D eigenvalue weighted by Gasteiger charge is -2.17. The van der Waals surface area contributed by atoms with Crippen LogP contribution in [0.3, 0.4) is 0 Å². The highest BCUT2D eigenvalue weighted by atomic mass is 35.5. The third-order valence-electron chi connectivity index (χ3n) is 2.37. The summed E-state index contributed by atoms with van der Waals surface area (Å²) in [5, 5.41) is 9.82. The first-order valence-electron chi connectivity index (χ1n) is 5.61. The molecule has 3 heteroatoms. The van der Waals surface area contributed by atoms with E-state index in [0.717, 1.165) is 6.42 Å². The van der Waals surface area contributed by atoms with E-state index in [1.807, 2.05) is 18.2 Å². The number of rotatable bonds is 6. The van der Waals surface area contributed by atoms with E-state index in [4.69, 9.17) is 16.3 Å². The first-order chi connectivity index (χ1) is 7.63. The maximum Gasteiger partial charge on any atom is 0.137 e. The summed E-state index contributed by atoms with van der Waals surface area (Å²) in [6.45, 7) is 4.94. The lowest BCUT2D eigenvalue weighted by atomic mass is 9.99. The summed E-state index contributed by atoms with van der Waals surface area (Å²) in [5.41, 5.74) is 0. The Balaban J connectivity index is 2.46. The SMILES string of the molecule is CC(C)CC(CO)COc1ccccc1Cl. The quantitative estimate of drug-likeness (QED) is 0.829. The molecule has 0 amide bonds. The molecule has 0 saturated heterocycles. The van der Waals surface area contributed by atoms with E-state index < -0.39 is 0 Å². The number of halogens is 1. The number of aliphatic hydroxyl groups excluding tert-OH is 1. The van der Waals surface area contributed by atoms with Crippen LogP contribution in [0.1, 0.15) is 20.3 Å². The Kier molecular flexibility index (Phi) is 5.64. The lowest BCUT2D eigenvalue weighted by molar-refractivity contribution is 0.146. The molecule has 1 atom stereocenters. The van der Waals surface area contributed by atoms with Gasteiger partial charge in [0.25, 0.3) is 0 Å². The monoisotopic (exact) mass is 242 g/mol. The van der Waals surface area contributed by atoms with Gasteiger partial charge in [-0.15, -0.1) is 0 Å². The lowest BCUT2D eigenvalue weighted by Crippen LogP contribution is -2.18. The average Bonchev–Trinajstić information content (AvgIpc) is 2.25. The van der Waals surface area contributed by atoms with Gasteiger partial charge in [-0.05, 0) is 24.5 Å². The van der Waals surface area contributed by atoms with Crippen LogP contribution in [-0.2, 0) is 0 Å². The Hall–Kier alpha value is -0.730. The predicted octanol–water partition coefficient (Wildman–Crippen LogP) is 3.37. The van der Waals surface area contributed by atoms with Crippen LogP contribution in [-0.4, -0.2) is 18.3 Å². The van der Waals surface area contributed by atoms with Crippen molar-refractivity contribution in [3.8, 4) is 5.75 Å². The van der Waals surface area contributed by atoms with Crippen molar-refractivity contribution in [1.29, 1.82) is 0 Å². The molecule has 0 saturated carbocycles. The van der Waals surface area contributed by atoms with Gasteiger partial charge >= 0.3 is 0 Å². The highest BCUT2D eigenvalue weighted by Crippen LogP contribution is 2.24. The Morgan fingerprint density at radius 2 is 2.00 bits per heavy atom. The van der Waals surface area contributed by atoms with Gasteiger partial charge in [0, 0.05) is 12.5 Å². The van der Waals surface area contributed by atoms with Gasteiger partial charge in [-0.2, -0.15) is 0 Å². The fraction of sp³-hybridized carbons (Fsp3) is 0.538. The van der Waals surface area contributed by atoms with Crippen LogP contribution in [0.2, 0.25) is 5.02 Å². The third kappa shape index (κ3) is 4.42. The molecular weight excluding hydrogens is 224 g/mol. The fourth-order valence-electron chi connectivity index (χ4n) is 1.63. The van der Waals surface area contributed by atoms with Gasteiger partial charge in [-0.25, -0.2) is 0 Å². The van der Waals surface area contributed by atoms with E-state index in [1.54, 1.807) is 6.07 Å². The molecule has 0 spiro atoms. The molecule has 0 aliphatic carbocycles. The van der Waals surface area contributed by atoms with Gasteiger partial charge in [0.2, 0.25) is 0 Å². The molecule has 1 aromatic rings. The normalized spacial score (nSPS) is 12.8. The molecule has 90 valence electrons. The summed E-state index contributed by atoms with van der Waals surface area (Å²) in [7, 11) is 0. The van der Waals surface area contributed by atoms with E-state index in [9.17, 15) is 5.11 Å². The Morgan fingerprint density at radius 3 is 2.56 bits per heavy atom. The second-order valence-corrected chi connectivity index (χ2v) is 4.83. The van der Waals surface area contributed by atoms with Gasteiger partial charge in [0.05, 0.1) is 11.6 Å². The smallest absolute Gasteiger partial charge is 0.137 e. The minimum Gasteiger partial charge on any atom is -0.492 e. The molecule has 0 aromatic heterocycles. The van der Waals surface area contributed by atoms with Crippen LogP contribution < -0.4 is 4.74 Å². The summed E-state index contributed by atoms with van der Waals surface area (Å²) >= 11 is 5.97. The van der Waals surface area contributed by atoms with Gasteiger partial charge in [0.1, 0.15) is 5.75 Å². The number of aliphatic hydroxyl groups is 1. The maximum atomic E-state index is 9.21. The zero-order chi connectivity index (χ0) is 12.0. The Labute approximate surface area is 102 Å². The summed E-state index contributed by atoms with van der Waals surface area (Å²) in [6, 6.07) is 7.39. The molecule has 0 fully saturated rings. The predicted molar refractivity (Wildman–Crippen MR) is 67.0 cm³/mol. The Morgan fingerprint density at radius 1 is 1.31 bits per heavy atom. The van der Waals surface area contributed by atoms with E-state index in [2.05, 4.69) is 13.8 Å². The summed E-state index contributed by atoms with van der Waals surface area (Å²) in [5.74, 6) is 1.43. The van der Waals surface area contributed by atoms with Crippen LogP contribution in [0.25, 0.3) is 0 Å². The van der Waals surface area contributed by atoms with E-state index in [0.29, 0.717) is 23.3 Å². The van der Waals surface area contributed by atoms with Crippen LogP contribution in [0.15, 0.2) is 24.3 Å². The van der Waals surface area contributed by atoms with Crippen molar-refractivity contribution in [2.24, 2.45) is 11.8 Å². The summed E-state index contributed by atoms with van der Waals surface area (Å²) in [6.07, 6.45) is 0.959. The van der Waals surface area contributed by atoms with E-state index in [-0.39, 0.29) is 12.5 Å². The second-order valence-electron chi connectivity index (χ2n) is 4.42. The minimum atomic E-state index is 0.155. The minimum absolute atomic E-state index is 0.155. The first-order valence-corrected chi connectivity index (χ1v) is 5.99. The van der Waals surface area contributed by atoms with Crippen molar-refractivity contribution >= 4 is 11.6 Å². The number of benzene rings is 1. The number of hydrogen-bond donors (Lipinski definition) is 1. The van der Waals surface area contributed by atoms with Crippen molar-refractivity contribution in [2.45, 2.75) is 20.3 Å². The molecule has 0 aliphatic rings. The van der Waals surface area contributed by atoms with Crippen LogP contribution in [0.4, 0.5) is 0 Å². The van der Waals surface area contributed by atoms with Gasteiger partial charge in [-0.3, -0.25) is 0 Å². The molecule has 1 N–H and O–H groups in total.